The monoisotopic (exact) mass is 275 g/mol. The fourth-order valence-corrected chi connectivity index (χ4v) is 3.20. The molecule has 0 bridgehead atoms. The molecule has 0 radical (unpaired) electrons. The van der Waals surface area contributed by atoms with E-state index < -0.39 is 0 Å². The summed E-state index contributed by atoms with van der Waals surface area (Å²) >= 11 is 0. The quantitative estimate of drug-likeness (QED) is 0.918. The molecule has 20 heavy (non-hydrogen) atoms. The molecule has 1 heterocycles. The second kappa shape index (κ2) is 6.06. The molecule has 3 nitrogen and oxygen atoms in total. The summed E-state index contributed by atoms with van der Waals surface area (Å²) in [6.07, 6.45) is 2.01. The normalized spacial score (nSPS) is 18.0. The van der Waals surface area contributed by atoms with Gasteiger partial charge in [-0.15, -0.1) is 0 Å². The summed E-state index contributed by atoms with van der Waals surface area (Å²) in [6.45, 7) is 7.98. The van der Waals surface area contributed by atoms with Crippen molar-refractivity contribution in [3.8, 4) is 0 Å². The molecule has 1 aromatic carbocycles. The van der Waals surface area contributed by atoms with Crippen LogP contribution < -0.4 is 5.73 Å². The minimum atomic E-state index is -0.373. The van der Waals surface area contributed by atoms with Crippen molar-refractivity contribution in [3.63, 3.8) is 0 Å². The van der Waals surface area contributed by atoms with Crippen molar-refractivity contribution >= 4 is 5.78 Å². The molecule has 0 aliphatic carbocycles. The molecule has 3 heteroatoms. The molecule has 2 N–H and O–H groups in total. The van der Waals surface area contributed by atoms with E-state index in [9.17, 15) is 4.79 Å². The van der Waals surface area contributed by atoms with Crippen molar-refractivity contribution in [2.75, 3.05) is 19.8 Å². The van der Waals surface area contributed by atoms with Gasteiger partial charge in [0.2, 0.25) is 0 Å². The lowest BCUT2D eigenvalue weighted by atomic mass is 9.74. The molecule has 1 aliphatic rings. The van der Waals surface area contributed by atoms with Crippen LogP contribution in [0.3, 0.4) is 0 Å². The highest BCUT2D eigenvalue weighted by Gasteiger charge is 2.38. The van der Waals surface area contributed by atoms with Gasteiger partial charge in [0, 0.05) is 31.6 Å². The molecule has 110 valence electrons. The summed E-state index contributed by atoms with van der Waals surface area (Å²) in [5.41, 5.74) is 10.4. The number of ketones is 1. The summed E-state index contributed by atoms with van der Waals surface area (Å²) in [4.78, 5) is 12.8. The minimum absolute atomic E-state index is 0.276. The first-order valence-corrected chi connectivity index (χ1v) is 7.36. The van der Waals surface area contributed by atoms with Crippen LogP contribution in [0, 0.1) is 26.2 Å². The average Bonchev–Trinajstić information content (AvgIpc) is 2.43. The lowest BCUT2D eigenvalue weighted by molar-refractivity contribution is -0.132. The number of nitrogens with two attached hydrogens (primary N) is 1. The Morgan fingerprint density at radius 2 is 1.75 bits per heavy atom. The number of hydrogen-bond acceptors (Lipinski definition) is 3. The van der Waals surface area contributed by atoms with Crippen LogP contribution in [0.4, 0.5) is 0 Å². The van der Waals surface area contributed by atoms with Gasteiger partial charge >= 0.3 is 0 Å². The van der Waals surface area contributed by atoms with Crippen molar-refractivity contribution < 1.29 is 9.53 Å². The topological polar surface area (TPSA) is 52.3 Å². The predicted molar refractivity (Wildman–Crippen MR) is 80.9 cm³/mol. The summed E-state index contributed by atoms with van der Waals surface area (Å²) in [6, 6.07) is 4.30. The highest BCUT2D eigenvalue weighted by molar-refractivity contribution is 5.87. The van der Waals surface area contributed by atoms with Crippen LogP contribution in [0.25, 0.3) is 0 Å². The Kier molecular flexibility index (Phi) is 4.61. The van der Waals surface area contributed by atoms with E-state index in [1.165, 1.54) is 22.3 Å². The number of carbonyl (C=O) groups is 1. The van der Waals surface area contributed by atoms with Gasteiger partial charge in [-0.1, -0.05) is 17.7 Å². The molecule has 0 unspecified atom stereocenters. The standard InChI is InChI=1S/C17H25NO2/c1-12-8-13(2)15(14(3)9-12)10-16(19)17(11-18)4-6-20-7-5-17/h8-9H,4-7,10-11,18H2,1-3H3. The number of hydrogen-bond donors (Lipinski definition) is 1. The van der Waals surface area contributed by atoms with Gasteiger partial charge in [-0.2, -0.15) is 0 Å². The molecule has 1 aromatic rings. The SMILES string of the molecule is Cc1cc(C)c(CC(=O)C2(CN)CCOCC2)c(C)c1. The third-order valence-corrected chi connectivity index (χ3v) is 4.61. The summed E-state index contributed by atoms with van der Waals surface area (Å²) < 4.78 is 5.38. The van der Waals surface area contributed by atoms with Crippen molar-refractivity contribution in [3.05, 3.63) is 34.4 Å². The maximum atomic E-state index is 12.8. The largest absolute Gasteiger partial charge is 0.381 e. The average molecular weight is 275 g/mol. The lowest BCUT2D eigenvalue weighted by Gasteiger charge is -2.35. The Morgan fingerprint density at radius 1 is 1.20 bits per heavy atom. The van der Waals surface area contributed by atoms with Crippen molar-refractivity contribution in [1.29, 1.82) is 0 Å². The minimum Gasteiger partial charge on any atom is -0.381 e. The van der Waals surface area contributed by atoms with Crippen LogP contribution >= 0.6 is 0 Å². The molecule has 1 aliphatic heterocycles. The van der Waals surface area contributed by atoms with E-state index in [0.717, 1.165) is 12.8 Å². The van der Waals surface area contributed by atoms with Gasteiger partial charge < -0.3 is 10.5 Å². The second-order valence-electron chi connectivity index (χ2n) is 6.07. The van der Waals surface area contributed by atoms with E-state index in [2.05, 4.69) is 32.9 Å². The zero-order valence-electron chi connectivity index (χ0n) is 12.8. The van der Waals surface area contributed by atoms with E-state index in [1.807, 2.05) is 0 Å². The number of benzene rings is 1. The molecule has 0 spiro atoms. The maximum absolute atomic E-state index is 12.8. The molecule has 2 rings (SSSR count). The Hall–Kier alpha value is -1.19. The first kappa shape index (κ1) is 15.2. The number of aryl methyl sites for hydroxylation is 3. The van der Waals surface area contributed by atoms with Crippen LogP contribution in [0.15, 0.2) is 12.1 Å². The van der Waals surface area contributed by atoms with E-state index in [0.29, 0.717) is 26.2 Å². The van der Waals surface area contributed by atoms with E-state index >= 15 is 0 Å². The third kappa shape index (κ3) is 2.94. The summed E-state index contributed by atoms with van der Waals surface area (Å²) in [5.74, 6) is 0.276. The molecule has 0 saturated carbocycles. The third-order valence-electron chi connectivity index (χ3n) is 4.61. The van der Waals surface area contributed by atoms with Gasteiger partial charge in [0.1, 0.15) is 5.78 Å². The first-order valence-electron chi connectivity index (χ1n) is 7.36. The second-order valence-corrected chi connectivity index (χ2v) is 6.07. The lowest BCUT2D eigenvalue weighted by Crippen LogP contribution is -2.44. The fourth-order valence-electron chi connectivity index (χ4n) is 3.20. The number of Topliss-reactive ketones (excluding diaryl/α,β-unsaturated/α-hetero) is 1. The molecular weight excluding hydrogens is 250 g/mol. The Morgan fingerprint density at radius 3 is 2.25 bits per heavy atom. The molecular formula is C17H25NO2. The molecule has 0 amide bonds. The van der Waals surface area contributed by atoms with Gasteiger partial charge in [-0.05, 0) is 50.3 Å². The van der Waals surface area contributed by atoms with E-state index in [1.54, 1.807) is 0 Å². The molecule has 0 aromatic heterocycles. The van der Waals surface area contributed by atoms with Gasteiger partial charge in [0.15, 0.2) is 0 Å². The zero-order chi connectivity index (χ0) is 14.8. The highest BCUT2D eigenvalue weighted by Crippen LogP contribution is 2.32. The van der Waals surface area contributed by atoms with Crippen LogP contribution in [-0.2, 0) is 16.0 Å². The molecule has 0 atom stereocenters. The van der Waals surface area contributed by atoms with E-state index in [4.69, 9.17) is 10.5 Å². The molecule has 1 fully saturated rings. The number of ether oxygens (including phenoxy) is 1. The van der Waals surface area contributed by atoms with Crippen molar-refractivity contribution in [2.24, 2.45) is 11.1 Å². The van der Waals surface area contributed by atoms with Gasteiger partial charge in [-0.3, -0.25) is 4.79 Å². The van der Waals surface area contributed by atoms with Gasteiger partial charge in [0.25, 0.3) is 0 Å². The van der Waals surface area contributed by atoms with Crippen molar-refractivity contribution in [1.82, 2.24) is 0 Å². The fraction of sp³-hybridized carbons (Fsp3) is 0.588. The Labute approximate surface area is 121 Å². The Bertz CT molecular complexity index is 479. The van der Waals surface area contributed by atoms with Crippen LogP contribution in [0.2, 0.25) is 0 Å². The van der Waals surface area contributed by atoms with Gasteiger partial charge in [-0.25, -0.2) is 0 Å². The van der Waals surface area contributed by atoms with E-state index in [-0.39, 0.29) is 11.2 Å². The predicted octanol–water partition coefficient (Wildman–Crippen LogP) is 2.48. The van der Waals surface area contributed by atoms with Crippen LogP contribution in [0.5, 0.6) is 0 Å². The molecule has 1 saturated heterocycles. The summed E-state index contributed by atoms with van der Waals surface area (Å²) in [7, 11) is 0. The van der Waals surface area contributed by atoms with Crippen LogP contribution in [0.1, 0.15) is 35.1 Å². The zero-order valence-corrected chi connectivity index (χ0v) is 12.8. The summed E-state index contributed by atoms with van der Waals surface area (Å²) in [5, 5.41) is 0. The Balaban J connectivity index is 2.23. The van der Waals surface area contributed by atoms with Crippen LogP contribution in [-0.4, -0.2) is 25.5 Å². The highest BCUT2D eigenvalue weighted by atomic mass is 16.5. The van der Waals surface area contributed by atoms with Crippen molar-refractivity contribution in [2.45, 2.75) is 40.0 Å². The maximum Gasteiger partial charge on any atom is 0.144 e. The van der Waals surface area contributed by atoms with Gasteiger partial charge in [0.05, 0.1) is 0 Å². The smallest absolute Gasteiger partial charge is 0.144 e. The first-order chi connectivity index (χ1) is 9.48. The number of carbonyl (C=O) groups excluding carboxylic acids is 1. The number of rotatable bonds is 4.